The Hall–Kier alpha value is -1.46. The lowest BCUT2D eigenvalue weighted by molar-refractivity contribution is -0.117. The van der Waals surface area contributed by atoms with Crippen LogP contribution in [0.15, 0.2) is 12.1 Å². The van der Waals surface area contributed by atoms with Gasteiger partial charge in [-0.3, -0.25) is 4.79 Å². The lowest BCUT2D eigenvalue weighted by atomic mass is 10.0. The third kappa shape index (κ3) is 4.28. The van der Waals surface area contributed by atoms with Crippen molar-refractivity contribution in [3.63, 3.8) is 0 Å². The summed E-state index contributed by atoms with van der Waals surface area (Å²) < 4.78 is 10.3. The highest BCUT2D eigenvalue weighted by Gasteiger charge is 2.17. The van der Waals surface area contributed by atoms with Crippen molar-refractivity contribution in [2.45, 2.75) is 26.3 Å². The molecule has 0 bridgehead atoms. The van der Waals surface area contributed by atoms with Gasteiger partial charge in [0.15, 0.2) is 11.5 Å². The number of nitrogens with two attached hydrogens (primary N) is 1. The molecule has 1 atom stereocenters. The minimum absolute atomic E-state index is 0.271. The molecule has 112 valence electrons. The highest BCUT2D eigenvalue weighted by molar-refractivity contribution is 6.34. The number of halogens is 1. The van der Waals surface area contributed by atoms with Gasteiger partial charge in [-0.15, -0.1) is 0 Å². The smallest absolute Gasteiger partial charge is 0.241 e. The van der Waals surface area contributed by atoms with Gasteiger partial charge in [-0.2, -0.15) is 0 Å². The maximum atomic E-state index is 12.0. The predicted octanol–water partition coefficient (Wildman–Crippen LogP) is 2.67. The summed E-state index contributed by atoms with van der Waals surface area (Å²) in [7, 11) is 3.03. The summed E-state index contributed by atoms with van der Waals surface area (Å²) in [5, 5.41) is 3.08. The van der Waals surface area contributed by atoms with Crippen LogP contribution >= 0.6 is 11.6 Å². The standard InChI is InChI=1S/C14H21ClN2O3/c1-8(2)5-10(16)14(18)17-11-7-13(20-4)12(19-3)6-9(11)15/h6-8,10H,5,16H2,1-4H3,(H,17,18). The first kappa shape index (κ1) is 16.6. The molecule has 1 unspecified atom stereocenters. The SMILES string of the molecule is COc1cc(Cl)c(NC(=O)C(N)CC(C)C)cc1OC. The maximum absolute atomic E-state index is 12.0. The van der Waals surface area contributed by atoms with Gasteiger partial charge in [0.05, 0.1) is 31.0 Å². The Kier molecular flexibility index (Phi) is 6.10. The maximum Gasteiger partial charge on any atom is 0.241 e. The van der Waals surface area contributed by atoms with E-state index in [0.29, 0.717) is 34.5 Å². The second kappa shape index (κ2) is 7.36. The van der Waals surface area contributed by atoms with Crippen molar-refractivity contribution in [1.29, 1.82) is 0 Å². The highest BCUT2D eigenvalue weighted by atomic mass is 35.5. The minimum Gasteiger partial charge on any atom is -0.493 e. The second-order valence-corrected chi connectivity index (χ2v) is 5.32. The number of anilines is 1. The molecule has 0 aliphatic heterocycles. The van der Waals surface area contributed by atoms with Crippen LogP contribution in [0.25, 0.3) is 0 Å². The Morgan fingerprint density at radius 3 is 2.35 bits per heavy atom. The molecule has 0 saturated carbocycles. The van der Waals surface area contributed by atoms with Crippen LogP contribution in [0.3, 0.4) is 0 Å². The van der Waals surface area contributed by atoms with E-state index in [-0.39, 0.29) is 5.91 Å². The fourth-order valence-corrected chi connectivity index (χ4v) is 1.99. The van der Waals surface area contributed by atoms with Crippen LogP contribution in [0.5, 0.6) is 11.5 Å². The number of rotatable bonds is 6. The fraction of sp³-hybridized carbons (Fsp3) is 0.500. The van der Waals surface area contributed by atoms with Crippen molar-refractivity contribution in [3.05, 3.63) is 17.2 Å². The van der Waals surface area contributed by atoms with Gasteiger partial charge >= 0.3 is 0 Å². The third-order valence-electron chi connectivity index (χ3n) is 2.79. The lowest BCUT2D eigenvalue weighted by Gasteiger charge is -2.16. The van der Waals surface area contributed by atoms with Crippen molar-refractivity contribution in [2.75, 3.05) is 19.5 Å². The molecule has 0 fully saturated rings. The Balaban J connectivity index is 2.89. The molecule has 1 aromatic rings. The van der Waals surface area contributed by atoms with Crippen molar-refractivity contribution >= 4 is 23.2 Å². The second-order valence-electron chi connectivity index (χ2n) is 4.91. The Bertz CT molecular complexity index is 478. The molecule has 0 heterocycles. The monoisotopic (exact) mass is 300 g/mol. The first-order valence-corrected chi connectivity index (χ1v) is 6.74. The molecule has 0 spiro atoms. The van der Waals surface area contributed by atoms with Gasteiger partial charge < -0.3 is 20.5 Å². The molecule has 0 radical (unpaired) electrons. The number of hydrogen-bond acceptors (Lipinski definition) is 4. The number of benzene rings is 1. The molecule has 0 aliphatic rings. The van der Waals surface area contributed by atoms with Crippen LogP contribution in [0.2, 0.25) is 5.02 Å². The summed E-state index contributed by atoms with van der Waals surface area (Å²) in [5.41, 5.74) is 6.28. The zero-order chi connectivity index (χ0) is 15.3. The summed E-state index contributed by atoms with van der Waals surface area (Å²) in [6, 6.07) is 2.63. The van der Waals surface area contributed by atoms with Crippen LogP contribution in [0, 0.1) is 5.92 Å². The molecule has 6 heteroatoms. The van der Waals surface area contributed by atoms with Gasteiger partial charge in [0.1, 0.15) is 0 Å². The number of carbonyl (C=O) groups excluding carboxylic acids is 1. The van der Waals surface area contributed by atoms with E-state index in [1.54, 1.807) is 12.1 Å². The number of amides is 1. The number of ether oxygens (including phenoxy) is 2. The van der Waals surface area contributed by atoms with Crippen molar-refractivity contribution in [3.8, 4) is 11.5 Å². The summed E-state index contributed by atoms with van der Waals surface area (Å²) in [4.78, 5) is 12.0. The van der Waals surface area contributed by atoms with Crippen molar-refractivity contribution in [1.82, 2.24) is 0 Å². The zero-order valence-corrected chi connectivity index (χ0v) is 13.0. The van der Waals surface area contributed by atoms with E-state index in [9.17, 15) is 4.79 Å². The van der Waals surface area contributed by atoms with Crippen molar-refractivity contribution < 1.29 is 14.3 Å². The molecule has 0 aromatic heterocycles. The molecule has 0 saturated heterocycles. The van der Waals surface area contributed by atoms with Crippen LogP contribution in [-0.2, 0) is 4.79 Å². The van der Waals surface area contributed by atoms with E-state index in [0.717, 1.165) is 0 Å². The molecule has 20 heavy (non-hydrogen) atoms. The number of nitrogens with one attached hydrogen (secondary N) is 1. The zero-order valence-electron chi connectivity index (χ0n) is 12.2. The van der Waals surface area contributed by atoms with E-state index >= 15 is 0 Å². The number of methoxy groups -OCH3 is 2. The van der Waals surface area contributed by atoms with E-state index in [4.69, 9.17) is 26.8 Å². The van der Waals surface area contributed by atoms with E-state index < -0.39 is 6.04 Å². The van der Waals surface area contributed by atoms with Gasteiger partial charge in [0.25, 0.3) is 0 Å². The minimum atomic E-state index is -0.570. The number of hydrogen-bond donors (Lipinski definition) is 2. The van der Waals surface area contributed by atoms with Crippen molar-refractivity contribution in [2.24, 2.45) is 11.7 Å². The Morgan fingerprint density at radius 2 is 1.85 bits per heavy atom. The fourth-order valence-electron chi connectivity index (χ4n) is 1.79. The molecule has 1 rings (SSSR count). The summed E-state index contributed by atoms with van der Waals surface area (Å²) >= 11 is 6.10. The topological polar surface area (TPSA) is 73.6 Å². The van der Waals surface area contributed by atoms with E-state index in [1.165, 1.54) is 14.2 Å². The first-order valence-electron chi connectivity index (χ1n) is 6.37. The highest BCUT2D eigenvalue weighted by Crippen LogP contribution is 2.36. The molecule has 1 amide bonds. The quantitative estimate of drug-likeness (QED) is 0.847. The Labute approximate surface area is 124 Å². The predicted molar refractivity (Wildman–Crippen MR) is 80.6 cm³/mol. The van der Waals surface area contributed by atoms with E-state index in [1.807, 2.05) is 13.8 Å². The van der Waals surface area contributed by atoms with Crippen LogP contribution in [-0.4, -0.2) is 26.2 Å². The van der Waals surface area contributed by atoms with Gasteiger partial charge in [0.2, 0.25) is 5.91 Å². The average Bonchev–Trinajstić information content (AvgIpc) is 2.39. The third-order valence-corrected chi connectivity index (χ3v) is 3.11. The Morgan fingerprint density at radius 1 is 1.30 bits per heavy atom. The normalized spacial score (nSPS) is 12.2. The van der Waals surface area contributed by atoms with Gasteiger partial charge in [-0.25, -0.2) is 0 Å². The summed E-state index contributed by atoms with van der Waals surface area (Å²) in [6.07, 6.45) is 0.608. The summed E-state index contributed by atoms with van der Waals surface area (Å²) in [6.45, 7) is 4.02. The molecule has 5 nitrogen and oxygen atoms in total. The number of carbonyl (C=O) groups is 1. The van der Waals surface area contributed by atoms with Gasteiger partial charge in [-0.05, 0) is 12.3 Å². The average molecular weight is 301 g/mol. The van der Waals surface area contributed by atoms with Crippen LogP contribution in [0.4, 0.5) is 5.69 Å². The van der Waals surface area contributed by atoms with Crippen LogP contribution in [0.1, 0.15) is 20.3 Å². The molecule has 1 aromatic carbocycles. The largest absolute Gasteiger partial charge is 0.493 e. The first-order chi connectivity index (χ1) is 9.38. The van der Waals surface area contributed by atoms with Gasteiger partial charge in [0, 0.05) is 12.1 Å². The molecule has 3 N–H and O–H groups in total. The lowest BCUT2D eigenvalue weighted by Crippen LogP contribution is -2.36. The summed E-state index contributed by atoms with van der Waals surface area (Å²) in [5.74, 6) is 1.07. The molecular weight excluding hydrogens is 280 g/mol. The van der Waals surface area contributed by atoms with Gasteiger partial charge in [-0.1, -0.05) is 25.4 Å². The molecule has 0 aliphatic carbocycles. The van der Waals surface area contributed by atoms with Crippen LogP contribution < -0.4 is 20.5 Å². The molecular formula is C14H21ClN2O3. The van der Waals surface area contributed by atoms with E-state index in [2.05, 4.69) is 5.32 Å².